The van der Waals surface area contributed by atoms with E-state index in [1.807, 2.05) is 0 Å². The third-order valence-corrected chi connectivity index (χ3v) is 6.79. The van der Waals surface area contributed by atoms with Gasteiger partial charge in [0.1, 0.15) is 0 Å². The van der Waals surface area contributed by atoms with Gasteiger partial charge in [0, 0.05) is 50.5 Å². The van der Waals surface area contributed by atoms with E-state index in [1.165, 1.54) is 69.7 Å². The summed E-state index contributed by atoms with van der Waals surface area (Å²) in [6.07, 6.45) is 5.29. The van der Waals surface area contributed by atoms with Crippen LogP contribution in [0.15, 0.2) is 24.3 Å². The molecule has 3 rings (SSSR count). The summed E-state index contributed by atoms with van der Waals surface area (Å²) in [6, 6.07) is 10.8. The first kappa shape index (κ1) is 21.6. The van der Waals surface area contributed by atoms with Crippen LogP contribution in [0.5, 0.6) is 0 Å². The fourth-order valence-electron chi connectivity index (χ4n) is 4.69. The Morgan fingerprint density at radius 1 is 0.964 bits per heavy atom. The Kier molecular flexibility index (Phi) is 8.19. The van der Waals surface area contributed by atoms with Crippen LogP contribution in [-0.4, -0.2) is 79.6 Å². The van der Waals surface area contributed by atoms with Crippen molar-refractivity contribution in [1.29, 1.82) is 0 Å². The van der Waals surface area contributed by atoms with Crippen LogP contribution in [-0.2, 0) is 6.54 Å². The van der Waals surface area contributed by atoms with Gasteiger partial charge in [-0.15, -0.1) is 0 Å². The molecule has 158 valence electrons. The zero-order valence-electron chi connectivity index (χ0n) is 18.7. The van der Waals surface area contributed by atoms with Crippen molar-refractivity contribution in [2.45, 2.75) is 65.1 Å². The van der Waals surface area contributed by atoms with E-state index in [-0.39, 0.29) is 0 Å². The molecule has 0 unspecified atom stereocenters. The van der Waals surface area contributed by atoms with E-state index in [0.717, 1.165) is 25.7 Å². The predicted molar refractivity (Wildman–Crippen MR) is 121 cm³/mol. The lowest BCUT2D eigenvalue weighted by molar-refractivity contribution is 0.122. The maximum atomic E-state index is 2.65. The highest BCUT2D eigenvalue weighted by atomic mass is 15.3. The van der Waals surface area contributed by atoms with Gasteiger partial charge in [-0.2, -0.15) is 0 Å². The number of nitrogens with zero attached hydrogens (tertiary/aromatic N) is 4. The number of likely N-dealkylation sites (tertiary alicyclic amines) is 1. The SMILES string of the molecule is CCCCN1CCC(N(C)Cc2ccc(N3CCN(C(C)C)CC3)cc2)CC1. The molecule has 0 radical (unpaired) electrons. The van der Waals surface area contributed by atoms with Gasteiger partial charge in [-0.25, -0.2) is 0 Å². The lowest BCUT2D eigenvalue weighted by Crippen LogP contribution is -2.48. The number of piperidine rings is 1. The highest BCUT2D eigenvalue weighted by Crippen LogP contribution is 2.21. The highest BCUT2D eigenvalue weighted by Gasteiger charge is 2.22. The largest absolute Gasteiger partial charge is 0.369 e. The molecule has 0 aliphatic carbocycles. The van der Waals surface area contributed by atoms with Crippen LogP contribution in [0.4, 0.5) is 5.69 Å². The Bertz CT molecular complexity index is 554. The average Bonchev–Trinajstić information content (AvgIpc) is 2.73. The first-order valence-corrected chi connectivity index (χ1v) is 11.6. The Hall–Kier alpha value is -1.10. The van der Waals surface area contributed by atoms with Crippen molar-refractivity contribution in [1.82, 2.24) is 14.7 Å². The predicted octanol–water partition coefficient (Wildman–Crippen LogP) is 3.91. The minimum Gasteiger partial charge on any atom is -0.369 e. The van der Waals surface area contributed by atoms with E-state index in [4.69, 9.17) is 0 Å². The summed E-state index contributed by atoms with van der Waals surface area (Å²) < 4.78 is 0. The fourth-order valence-corrected chi connectivity index (χ4v) is 4.69. The summed E-state index contributed by atoms with van der Waals surface area (Å²) >= 11 is 0. The van der Waals surface area contributed by atoms with Gasteiger partial charge in [0.25, 0.3) is 0 Å². The van der Waals surface area contributed by atoms with Crippen molar-refractivity contribution in [3.63, 3.8) is 0 Å². The third kappa shape index (κ3) is 5.95. The van der Waals surface area contributed by atoms with E-state index in [0.29, 0.717) is 6.04 Å². The Morgan fingerprint density at radius 3 is 2.18 bits per heavy atom. The van der Waals surface area contributed by atoms with Gasteiger partial charge in [0.05, 0.1) is 0 Å². The molecule has 1 aromatic rings. The molecule has 2 heterocycles. The van der Waals surface area contributed by atoms with E-state index in [9.17, 15) is 0 Å². The second-order valence-electron chi connectivity index (χ2n) is 9.12. The van der Waals surface area contributed by atoms with Crippen LogP contribution in [0, 0.1) is 0 Å². The molecule has 2 saturated heterocycles. The number of piperazine rings is 1. The van der Waals surface area contributed by atoms with Gasteiger partial charge < -0.3 is 9.80 Å². The molecule has 0 atom stereocenters. The number of unbranched alkanes of at least 4 members (excludes halogenated alkanes) is 1. The molecule has 0 spiro atoms. The number of rotatable bonds is 8. The van der Waals surface area contributed by atoms with Crippen molar-refractivity contribution in [2.75, 3.05) is 57.8 Å². The van der Waals surface area contributed by atoms with Crippen LogP contribution in [0.2, 0.25) is 0 Å². The van der Waals surface area contributed by atoms with Crippen molar-refractivity contribution < 1.29 is 0 Å². The smallest absolute Gasteiger partial charge is 0.0367 e. The van der Waals surface area contributed by atoms with Crippen molar-refractivity contribution in [3.05, 3.63) is 29.8 Å². The van der Waals surface area contributed by atoms with Crippen molar-refractivity contribution in [3.8, 4) is 0 Å². The van der Waals surface area contributed by atoms with E-state index >= 15 is 0 Å². The lowest BCUT2D eigenvalue weighted by Gasteiger charge is -2.38. The van der Waals surface area contributed by atoms with E-state index in [1.54, 1.807) is 0 Å². The number of hydrogen-bond acceptors (Lipinski definition) is 4. The van der Waals surface area contributed by atoms with Gasteiger partial charge in [0.15, 0.2) is 0 Å². The molecule has 4 heteroatoms. The Balaban J connectivity index is 1.44. The molecule has 0 aromatic heterocycles. The zero-order valence-corrected chi connectivity index (χ0v) is 18.7. The van der Waals surface area contributed by atoms with Crippen LogP contribution in [0.3, 0.4) is 0 Å². The van der Waals surface area contributed by atoms with Gasteiger partial charge in [-0.3, -0.25) is 9.80 Å². The number of hydrogen-bond donors (Lipinski definition) is 0. The summed E-state index contributed by atoms with van der Waals surface area (Å²) in [7, 11) is 2.31. The van der Waals surface area contributed by atoms with Gasteiger partial charge in [-0.05, 0) is 77.5 Å². The number of anilines is 1. The maximum Gasteiger partial charge on any atom is 0.0367 e. The van der Waals surface area contributed by atoms with Gasteiger partial charge in [-0.1, -0.05) is 25.5 Å². The van der Waals surface area contributed by atoms with Gasteiger partial charge in [0.2, 0.25) is 0 Å². The van der Waals surface area contributed by atoms with Gasteiger partial charge >= 0.3 is 0 Å². The third-order valence-electron chi connectivity index (χ3n) is 6.79. The lowest BCUT2D eigenvalue weighted by atomic mass is 10.0. The molecule has 0 saturated carbocycles. The summed E-state index contributed by atoms with van der Waals surface area (Å²) in [5.74, 6) is 0. The molecular weight excluding hydrogens is 344 g/mol. The van der Waals surface area contributed by atoms with Crippen LogP contribution in [0.25, 0.3) is 0 Å². The fraction of sp³-hybridized carbons (Fsp3) is 0.750. The first-order chi connectivity index (χ1) is 13.6. The first-order valence-electron chi connectivity index (χ1n) is 11.6. The molecule has 0 bridgehead atoms. The van der Waals surface area contributed by atoms with Crippen LogP contribution in [0.1, 0.15) is 52.0 Å². The van der Waals surface area contributed by atoms with Crippen molar-refractivity contribution in [2.24, 2.45) is 0 Å². The Labute approximate surface area is 173 Å². The molecule has 0 N–H and O–H groups in total. The average molecular weight is 387 g/mol. The second kappa shape index (κ2) is 10.6. The molecule has 2 aliphatic rings. The minimum atomic E-state index is 0.665. The van der Waals surface area contributed by atoms with Crippen LogP contribution < -0.4 is 4.90 Å². The highest BCUT2D eigenvalue weighted by molar-refractivity contribution is 5.48. The summed E-state index contributed by atoms with van der Waals surface area (Å²) in [5.41, 5.74) is 2.83. The normalized spacial score (nSPS) is 20.4. The zero-order chi connectivity index (χ0) is 19.9. The molecule has 4 nitrogen and oxygen atoms in total. The minimum absolute atomic E-state index is 0.665. The number of benzene rings is 1. The van der Waals surface area contributed by atoms with Crippen LogP contribution >= 0.6 is 0 Å². The molecule has 2 fully saturated rings. The molecule has 1 aromatic carbocycles. The summed E-state index contributed by atoms with van der Waals surface area (Å²) in [4.78, 5) is 10.3. The molecular formula is C24H42N4. The summed E-state index contributed by atoms with van der Waals surface area (Å²) in [6.45, 7) is 16.5. The standard InChI is InChI=1S/C24H42N4/c1-5-6-13-26-14-11-23(12-15-26)25(4)20-22-7-9-24(10-8-22)28-18-16-27(17-19-28)21(2)3/h7-10,21,23H,5-6,11-20H2,1-4H3. The topological polar surface area (TPSA) is 13.0 Å². The molecule has 0 amide bonds. The Morgan fingerprint density at radius 2 is 1.61 bits per heavy atom. The quantitative estimate of drug-likeness (QED) is 0.671. The maximum absolute atomic E-state index is 2.65. The monoisotopic (exact) mass is 386 g/mol. The van der Waals surface area contributed by atoms with Crippen molar-refractivity contribution >= 4 is 5.69 Å². The van der Waals surface area contributed by atoms with E-state index in [2.05, 4.69) is 71.7 Å². The summed E-state index contributed by atoms with van der Waals surface area (Å²) in [5, 5.41) is 0. The van der Waals surface area contributed by atoms with E-state index < -0.39 is 0 Å². The molecule has 2 aliphatic heterocycles. The second-order valence-corrected chi connectivity index (χ2v) is 9.12. The molecule has 28 heavy (non-hydrogen) atoms.